The largest absolute Gasteiger partial charge is 0.310 e. The predicted octanol–water partition coefficient (Wildman–Crippen LogP) is 3.00. The van der Waals surface area contributed by atoms with E-state index in [9.17, 15) is 0 Å². The molecule has 0 spiro atoms. The van der Waals surface area contributed by atoms with Gasteiger partial charge >= 0.3 is 0 Å². The van der Waals surface area contributed by atoms with Crippen molar-refractivity contribution >= 4 is 0 Å². The molecule has 0 amide bonds. The van der Waals surface area contributed by atoms with Crippen LogP contribution in [-0.2, 0) is 6.54 Å². The highest BCUT2D eigenvalue weighted by molar-refractivity contribution is 5.08. The van der Waals surface area contributed by atoms with Crippen LogP contribution >= 0.6 is 0 Å². The zero-order chi connectivity index (χ0) is 11.4. The Hall–Kier alpha value is -0.890. The molecule has 0 radical (unpaired) electrons. The van der Waals surface area contributed by atoms with Crippen LogP contribution in [-0.4, -0.2) is 11.0 Å². The van der Waals surface area contributed by atoms with Gasteiger partial charge in [-0.1, -0.05) is 19.9 Å². The molecule has 0 bridgehead atoms. The molecule has 2 nitrogen and oxygen atoms in total. The van der Waals surface area contributed by atoms with E-state index in [2.05, 4.69) is 30.2 Å². The lowest BCUT2D eigenvalue weighted by Gasteiger charge is -2.33. The number of pyridine rings is 1. The Bertz CT molecular complexity index is 310. The van der Waals surface area contributed by atoms with Crippen LogP contribution in [0.5, 0.6) is 0 Å². The molecule has 0 aromatic carbocycles. The van der Waals surface area contributed by atoms with Gasteiger partial charge < -0.3 is 5.32 Å². The average Bonchev–Trinajstić information content (AvgIpc) is 2.29. The van der Waals surface area contributed by atoms with Crippen LogP contribution < -0.4 is 5.32 Å². The van der Waals surface area contributed by atoms with Gasteiger partial charge in [-0.15, -0.1) is 0 Å². The first-order chi connectivity index (χ1) is 7.75. The van der Waals surface area contributed by atoms with Crippen molar-refractivity contribution in [2.75, 3.05) is 0 Å². The lowest BCUT2D eigenvalue weighted by molar-refractivity contribution is 0.227. The minimum atomic E-state index is 0.691. The van der Waals surface area contributed by atoms with E-state index in [1.807, 2.05) is 18.5 Å². The van der Waals surface area contributed by atoms with Crippen molar-refractivity contribution in [1.82, 2.24) is 10.3 Å². The number of hydrogen-bond acceptors (Lipinski definition) is 2. The maximum atomic E-state index is 4.14. The molecular weight excluding hydrogens is 196 g/mol. The third-order valence-electron chi connectivity index (χ3n) is 3.72. The van der Waals surface area contributed by atoms with Crippen molar-refractivity contribution in [3.8, 4) is 0 Å². The minimum Gasteiger partial charge on any atom is -0.310 e. The molecule has 1 N–H and O–H groups in total. The van der Waals surface area contributed by atoms with Gasteiger partial charge in [-0.25, -0.2) is 0 Å². The highest BCUT2D eigenvalue weighted by Crippen LogP contribution is 2.28. The number of nitrogens with one attached hydrogen (secondary N) is 1. The van der Waals surface area contributed by atoms with Crippen molar-refractivity contribution in [3.05, 3.63) is 30.1 Å². The van der Waals surface area contributed by atoms with Crippen LogP contribution in [0.1, 0.15) is 38.7 Å². The van der Waals surface area contributed by atoms with E-state index >= 15 is 0 Å². The molecular formula is C14H22N2. The summed E-state index contributed by atoms with van der Waals surface area (Å²) in [6.07, 6.45) is 7.83. The second-order valence-electron chi connectivity index (χ2n) is 5.24. The molecule has 1 fully saturated rings. The molecule has 1 aromatic rings. The fraction of sp³-hybridized carbons (Fsp3) is 0.643. The summed E-state index contributed by atoms with van der Waals surface area (Å²) in [5.41, 5.74) is 1.29. The van der Waals surface area contributed by atoms with E-state index in [-0.39, 0.29) is 0 Å². The molecule has 2 heteroatoms. The Labute approximate surface area is 98.5 Å². The van der Waals surface area contributed by atoms with E-state index in [1.165, 1.54) is 24.8 Å². The molecule has 2 rings (SSSR count). The van der Waals surface area contributed by atoms with Gasteiger partial charge in [0.1, 0.15) is 0 Å². The lowest BCUT2D eigenvalue weighted by Crippen LogP contribution is -2.38. The van der Waals surface area contributed by atoms with Crippen molar-refractivity contribution in [3.63, 3.8) is 0 Å². The fourth-order valence-electron chi connectivity index (χ4n) is 2.72. The van der Waals surface area contributed by atoms with Crippen molar-refractivity contribution < 1.29 is 0 Å². The van der Waals surface area contributed by atoms with Gasteiger partial charge in [-0.3, -0.25) is 4.98 Å². The summed E-state index contributed by atoms with van der Waals surface area (Å²) in [5, 5.41) is 3.67. The average molecular weight is 218 g/mol. The smallest absolute Gasteiger partial charge is 0.0312 e. The van der Waals surface area contributed by atoms with Gasteiger partial charge in [0.2, 0.25) is 0 Å². The van der Waals surface area contributed by atoms with E-state index in [0.717, 1.165) is 18.4 Å². The summed E-state index contributed by atoms with van der Waals surface area (Å²) in [6.45, 7) is 5.70. The Balaban J connectivity index is 1.82. The van der Waals surface area contributed by atoms with Crippen LogP contribution in [0.3, 0.4) is 0 Å². The van der Waals surface area contributed by atoms with Crippen LogP contribution in [0.25, 0.3) is 0 Å². The Kier molecular flexibility index (Phi) is 3.94. The second-order valence-corrected chi connectivity index (χ2v) is 5.24. The van der Waals surface area contributed by atoms with Gasteiger partial charge in [-0.05, 0) is 42.7 Å². The lowest BCUT2D eigenvalue weighted by atomic mass is 9.80. The molecule has 1 heterocycles. The summed E-state index contributed by atoms with van der Waals surface area (Å²) in [7, 11) is 0. The highest BCUT2D eigenvalue weighted by atomic mass is 14.9. The van der Waals surface area contributed by atoms with Gasteiger partial charge in [0.05, 0.1) is 0 Å². The van der Waals surface area contributed by atoms with E-state index in [4.69, 9.17) is 0 Å². The monoisotopic (exact) mass is 218 g/mol. The maximum absolute atomic E-state index is 4.14. The molecule has 1 saturated carbocycles. The molecule has 0 saturated heterocycles. The summed E-state index contributed by atoms with van der Waals surface area (Å²) >= 11 is 0. The normalized spacial score (nSPS) is 30.2. The first kappa shape index (κ1) is 11.6. The highest BCUT2D eigenvalue weighted by Gasteiger charge is 2.24. The Morgan fingerprint density at radius 3 is 2.94 bits per heavy atom. The first-order valence-corrected chi connectivity index (χ1v) is 6.38. The van der Waals surface area contributed by atoms with Gasteiger partial charge in [0, 0.05) is 25.0 Å². The van der Waals surface area contributed by atoms with E-state index in [1.54, 1.807) is 0 Å². The van der Waals surface area contributed by atoms with E-state index in [0.29, 0.717) is 6.04 Å². The zero-order valence-corrected chi connectivity index (χ0v) is 10.3. The molecule has 88 valence electrons. The standard InChI is InChI=1S/C14H22N2/c1-11-5-6-14(12(2)8-11)16-10-13-4-3-7-15-9-13/h3-4,7,9,11-12,14,16H,5-6,8,10H2,1-2H3. The quantitative estimate of drug-likeness (QED) is 0.843. The van der Waals surface area contributed by atoms with Gasteiger partial charge in [-0.2, -0.15) is 0 Å². The number of aromatic nitrogens is 1. The zero-order valence-electron chi connectivity index (χ0n) is 10.3. The van der Waals surface area contributed by atoms with Crippen molar-refractivity contribution in [1.29, 1.82) is 0 Å². The third kappa shape index (κ3) is 3.05. The molecule has 0 aliphatic heterocycles. The second kappa shape index (κ2) is 5.44. The van der Waals surface area contributed by atoms with Crippen LogP contribution in [0.4, 0.5) is 0 Å². The van der Waals surface area contributed by atoms with Crippen molar-refractivity contribution in [2.24, 2.45) is 11.8 Å². The third-order valence-corrected chi connectivity index (χ3v) is 3.72. The SMILES string of the molecule is CC1CCC(NCc2cccnc2)C(C)C1. The molecule has 3 unspecified atom stereocenters. The predicted molar refractivity (Wildman–Crippen MR) is 67.0 cm³/mol. The molecule has 1 aliphatic rings. The fourth-order valence-corrected chi connectivity index (χ4v) is 2.72. The van der Waals surface area contributed by atoms with Crippen LogP contribution in [0.2, 0.25) is 0 Å². The van der Waals surface area contributed by atoms with Gasteiger partial charge in [0.25, 0.3) is 0 Å². The summed E-state index contributed by atoms with van der Waals surface area (Å²) in [6, 6.07) is 4.83. The van der Waals surface area contributed by atoms with Crippen LogP contribution in [0.15, 0.2) is 24.5 Å². The number of nitrogens with zero attached hydrogens (tertiary/aromatic N) is 1. The van der Waals surface area contributed by atoms with Crippen molar-refractivity contribution in [2.45, 2.75) is 45.7 Å². The molecule has 1 aromatic heterocycles. The Morgan fingerprint density at radius 2 is 2.25 bits per heavy atom. The first-order valence-electron chi connectivity index (χ1n) is 6.38. The van der Waals surface area contributed by atoms with E-state index < -0.39 is 0 Å². The molecule has 1 aliphatic carbocycles. The van der Waals surface area contributed by atoms with Gasteiger partial charge in [0.15, 0.2) is 0 Å². The topological polar surface area (TPSA) is 24.9 Å². The summed E-state index contributed by atoms with van der Waals surface area (Å²) in [5.74, 6) is 1.71. The van der Waals surface area contributed by atoms with Crippen LogP contribution in [0, 0.1) is 11.8 Å². The maximum Gasteiger partial charge on any atom is 0.0312 e. The molecule has 3 atom stereocenters. The molecule has 16 heavy (non-hydrogen) atoms. The summed E-state index contributed by atoms with van der Waals surface area (Å²) < 4.78 is 0. The number of rotatable bonds is 3. The Morgan fingerprint density at radius 1 is 1.38 bits per heavy atom. The summed E-state index contributed by atoms with van der Waals surface area (Å²) in [4.78, 5) is 4.14. The minimum absolute atomic E-state index is 0.691. The number of hydrogen-bond donors (Lipinski definition) is 1.